The van der Waals surface area contributed by atoms with E-state index >= 15 is 0 Å². The van der Waals surface area contributed by atoms with Gasteiger partial charge in [0.1, 0.15) is 34.8 Å². The molecule has 1 aromatic heterocycles. The molecule has 13 nitrogen and oxygen atoms in total. The molecule has 4 atom stereocenters. The van der Waals surface area contributed by atoms with E-state index in [1.54, 1.807) is 33.8 Å². The number of nitrogens with one attached hydrogen (secondary N) is 1. The average Bonchev–Trinajstić information content (AvgIpc) is 3.01. The number of aromatic hydroxyl groups is 1. The number of carbonyl (C=O) groups is 2. The minimum absolute atomic E-state index is 0.0578. The van der Waals surface area contributed by atoms with E-state index in [0.717, 1.165) is 0 Å². The number of amides is 2. The van der Waals surface area contributed by atoms with Gasteiger partial charge in [-0.15, -0.1) is 0 Å². The van der Waals surface area contributed by atoms with E-state index in [1.807, 2.05) is 0 Å². The number of carbonyl (C=O) groups excluding carboxylic acids is 2. The van der Waals surface area contributed by atoms with Gasteiger partial charge in [-0.1, -0.05) is 6.07 Å². The number of halogens is 1. The standard InChI is InChI=1S/C33H33FN2O11/c1-15-6-7-17(14-22(15)43-19-10-8-18(34)9-11-19)29(39)36-23-24(37)20-12-13-21(16(2)26(20)45-30(23)40)44-31-25(38)27(46-32(35)41)28(42-5)33(3,4)47-31/h6-14,25,27-28,31,37-38H,1-5H3,(H2,35,41)(H,36,39)/t25-,27+,28-,31-/m1/s1. The molecular formula is C33H33FN2O11. The third kappa shape index (κ3) is 6.70. The zero-order chi connectivity index (χ0) is 34.2. The third-order valence-corrected chi connectivity index (χ3v) is 7.75. The molecule has 1 fully saturated rings. The summed E-state index contributed by atoms with van der Waals surface area (Å²) in [7, 11) is 1.36. The molecule has 5 N–H and O–H groups in total. The van der Waals surface area contributed by atoms with Crippen LogP contribution >= 0.6 is 0 Å². The number of hydrogen-bond acceptors (Lipinski definition) is 11. The van der Waals surface area contributed by atoms with Crippen molar-refractivity contribution in [2.45, 2.75) is 57.9 Å². The molecular weight excluding hydrogens is 619 g/mol. The molecule has 5 rings (SSSR count). The van der Waals surface area contributed by atoms with Gasteiger partial charge < -0.3 is 49.4 Å². The fourth-order valence-electron chi connectivity index (χ4n) is 5.34. The van der Waals surface area contributed by atoms with Crippen LogP contribution in [0.4, 0.5) is 14.9 Å². The molecule has 1 aliphatic heterocycles. The Labute approximate surface area is 267 Å². The summed E-state index contributed by atoms with van der Waals surface area (Å²) in [5, 5.41) is 24.5. The van der Waals surface area contributed by atoms with E-state index in [9.17, 15) is 29.0 Å². The topological polar surface area (TPSA) is 189 Å². The molecule has 4 aromatic rings. The summed E-state index contributed by atoms with van der Waals surface area (Å²) in [5.74, 6) is -0.934. The van der Waals surface area contributed by atoms with Crippen molar-refractivity contribution >= 4 is 28.7 Å². The first-order valence-electron chi connectivity index (χ1n) is 14.4. The number of aryl methyl sites for hydroxylation is 2. The molecule has 0 aliphatic carbocycles. The Morgan fingerprint density at radius 3 is 2.40 bits per heavy atom. The first-order chi connectivity index (χ1) is 22.2. The fourth-order valence-corrected chi connectivity index (χ4v) is 5.34. The number of primary amides is 1. The lowest BCUT2D eigenvalue weighted by Gasteiger charge is -2.47. The Morgan fingerprint density at radius 1 is 1.04 bits per heavy atom. The summed E-state index contributed by atoms with van der Waals surface area (Å²) in [5.41, 5.74) is 3.55. The monoisotopic (exact) mass is 652 g/mol. The van der Waals surface area contributed by atoms with Crippen LogP contribution < -0.4 is 26.1 Å². The van der Waals surface area contributed by atoms with Gasteiger partial charge in [-0.3, -0.25) is 4.79 Å². The maximum Gasteiger partial charge on any atom is 0.404 e. The number of aliphatic hydroxyl groups is 1. The summed E-state index contributed by atoms with van der Waals surface area (Å²) in [6, 6.07) is 12.8. The summed E-state index contributed by atoms with van der Waals surface area (Å²) in [6.45, 7) is 6.60. The molecule has 0 radical (unpaired) electrons. The average molecular weight is 653 g/mol. The highest BCUT2D eigenvalue weighted by atomic mass is 19.1. The smallest absolute Gasteiger partial charge is 0.404 e. The predicted molar refractivity (Wildman–Crippen MR) is 165 cm³/mol. The zero-order valence-electron chi connectivity index (χ0n) is 26.0. The van der Waals surface area contributed by atoms with Crippen molar-refractivity contribution in [1.29, 1.82) is 0 Å². The highest BCUT2D eigenvalue weighted by Gasteiger charge is 2.53. The van der Waals surface area contributed by atoms with Gasteiger partial charge in [-0.2, -0.15) is 0 Å². The van der Waals surface area contributed by atoms with Crippen LogP contribution in [0.1, 0.15) is 35.3 Å². The first kappa shape index (κ1) is 33.2. The lowest BCUT2D eigenvalue weighted by molar-refractivity contribution is -0.304. The first-order valence-corrected chi connectivity index (χ1v) is 14.4. The lowest BCUT2D eigenvalue weighted by atomic mass is 9.89. The quantitative estimate of drug-likeness (QED) is 0.194. The van der Waals surface area contributed by atoms with E-state index in [4.69, 9.17) is 33.8 Å². The second-order valence-corrected chi connectivity index (χ2v) is 11.4. The Morgan fingerprint density at radius 2 is 1.74 bits per heavy atom. The number of anilines is 1. The Bertz CT molecular complexity index is 1890. The Hall–Kier alpha value is -5.18. The SMILES string of the molecule is CO[C@@H]1[C@@H](OC(N)=O)[C@@H](O)[C@H](Oc2ccc3c(O)c(NC(=O)c4ccc(C)c(Oc5ccc(F)cc5)c4)c(=O)oc3c2C)OC1(C)C. The van der Waals surface area contributed by atoms with E-state index in [1.165, 1.54) is 55.6 Å². The van der Waals surface area contributed by atoms with Gasteiger partial charge in [0.05, 0.1) is 11.0 Å². The molecule has 0 saturated carbocycles. The fraction of sp³-hybridized carbons (Fsp3) is 0.303. The number of nitrogens with two attached hydrogens (primary N) is 1. The number of hydrogen-bond donors (Lipinski definition) is 4. The van der Waals surface area contributed by atoms with Crippen molar-refractivity contribution in [3.63, 3.8) is 0 Å². The van der Waals surface area contributed by atoms with Crippen molar-refractivity contribution in [1.82, 2.24) is 0 Å². The predicted octanol–water partition coefficient (Wildman–Crippen LogP) is 4.65. The Balaban J connectivity index is 1.40. The van der Waals surface area contributed by atoms with Crippen LogP contribution in [-0.4, -0.2) is 59.5 Å². The number of fused-ring (bicyclic) bond motifs is 1. The molecule has 0 unspecified atom stereocenters. The molecule has 1 saturated heterocycles. The van der Waals surface area contributed by atoms with Gasteiger partial charge >= 0.3 is 11.7 Å². The Kier molecular flexibility index (Phi) is 9.11. The van der Waals surface area contributed by atoms with Crippen molar-refractivity contribution < 1.29 is 52.3 Å². The molecule has 0 spiro atoms. The lowest BCUT2D eigenvalue weighted by Crippen LogP contribution is -2.65. The number of benzene rings is 3. The summed E-state index contributed by atoms with van der Waals surface area (Å²) >= 11 is 0. The van der Waals surface area contributed by atoms with Crippen molar-refractivity contribution in [2.24, 2.45) is 5.73 Å². The molecule has 0 bridgehead atoms. The molecule has 2 heterocycles. The molecule has 3 aromatic carbocycles. The van der Waals surface area contributed by atoms with Crippen LogP contribution in [0.3, 0.4) is 0 Å². The normalized spacial score (nSPS) is 20.4. The third-order valence-electron chi connectivity index (χ3n) is 7.75. The second-order valence-electron chi connectivity index (χ2n) is 11.4. The van der Waals surface area contributed by atoms with E-state index < -0.39 is 65.1 Å². The maximum atomic E-state index is 13.3. The number of methoxy groups -OCH3 is 1. The van der Waals surface area contributed by atoms with Gasteiger partial charge in [0.15, 0.2) is 23.6 Å². The van der Waals surface area contributed by atoms with Gasteiger partial charge in [0.25, 0.3) is 5.91 Å². The second kappa shape index (κ2) is 12.9. The molecule has 248 valence electrons. The minimum Gasteiger partial charge on any atom is -0.505 e. The van der Waals surface area contributed by atoms with E-state index in [-0.39, 0.29) is 27.8 Å². The van der Waals surface area contributed by atoms with Gasteiger partial charge in [0, 0.05) is 18.2 Å². The zero-order valence-corrected chi connectivity index (χ0v) is 26.0. The van der Waals surface area contributed by atoms with E-state index in [0.29, 0.717) is 17.1 Å². The van der Waals surface area contributed by atoms with Crippen LogP contribution in [0.5, 0.6) is 23.0 Å². The summed E-state index contributed by atoms with van der Waals surface area (Å²) in [6.07, 6.45) is -6.16. The van der Waals surface area contributed by atoms with Gasteiger partial charge in [-0.05, 0) is 81.8 Å². The highest BCUT2D eigenvalue weighted by molar-refractivity contribution is 6.06. The highest BCUT2D eigenvalue weighted by Crippen LogP contribution is 2.38. The van der Waals surface area contributed by atoms with E-state index in [2.05, 4.69) is 5.32 Å². The van der Waals surface area contributed by atoms with Crippen molar-refractivity contribution in [3.8, 4) is 23.0 Å². The van der Waals surface area contributed by atoms with Crippen LogP contribution in [0, 0.1) is 19.7 Å². The van der Waals surface area contributed by atoms with Gasteiger partial charge in [-0.25, -0.2) is 14.0 Å². The molecule has 14 heteroatoms. The van der Waals surface area contributed by atoms with Crippen molar-refractivity contribution in [3.05, 3.63) is 87.5 Å². The summed E-state index contributed by atoms with van der Waals surface area (Å²) < 4.78 is 47.0. The van der Waals surface area contributed by atoms with Gasteiger partial charge in [0.2, 0.25) is 6.29 Å². The number of aliphatic hydroxyl groups excluding tert-OH is 1. The summed E-state index contributed by atoms with van der Waals surface area (Å²) in [4.78, 5) is 37.7. The molecule has 47 heavy (non-hydrogen) atoms. The van der Waals surface area contributed by atoms with Crippen LogP contribution in [0.2, 0.25) is 0 Å². The van der Waals surface area contributed by atoms with Crippen LogP contribution in [0.15, 0.2) is 63.8 Å². The minimum atomic E-state index is -1.53. The molecule has 2 amide bonds. The largest absolute Gasteiger partial charge is 0.505 e. The van der Waals surface area contributed by atoms with Crippen LogP contribution in [-0.2, 0) is 14.2 Å². The number of rotatable bonds is 8. The van der Waals surface area contributed by atoms with Crippen molar-refractivity contribution in [2.75, 3.05) is 12.4 Å². The van der Waals surface area contributed by atoms with Crippen LogP contribution in [0.25, 0.3) is 11.0 Å². The number of ether oxygens (including phenoxy) is 5. The molecule has 1 aliphatic rings. The maximum absolute atomic E-state index is 13.3.